The maximum Gasteiger partial charge on any atom is 0.338 e. The first-order chi connectivity index (χ1) is 9.76. The molecule has 0 N–H and O–H groups in total. The quantitative estimate of drug-likeness (QED) is 0.611. The van der Waals surface area contributed by atoms with Gasteiger partial charge in [-0.15, -0.1) is 6.58 Å². The van der Waals surface area contributed by atoms with Gasteiger partial charge in [0.2, 0.25) is 0 Å². The molecule has 0 aromatic heterocycles. The number of rotatable bonds is 4. The summed E-state index contributed by atoms with van der Waals surface area (Å²) in [6, 6.07) is 6.74. The fourth-order valence-electron chi connectivity index (χ4n) is 2.48. The van der Waals surface area contributed by atoms with Crippen molar-refractivity contribution in [1.29, 1.82) is 0 Å². The molecule has 114 valence electrons. The van der Waals surface area contributed by atoms with Gasteiger partial charge in [-0.1, -0.05) is 23.7 Å². The van der Waals surface area contributed by atoms with Gasteiger partial charge in [-0.05, 0) is 51.8 Å². The Labute approximate surface area is 130 Å². The second-order valence-corrected chi connectivity index (χ2v) is 6.60. The summed E-state index contributed by atoms with van der Waals surface area (Å²) in [6.07, 6.45) is 3.36. The first-order valence-corrected chi connectivity index (χ1v) is 7.44. The van der Waals surface area contributed by atoms with Gasteiger partial charge in [0.1, 0.15) is 5.60 Å². The van der Waals surface area contributed by atoms with Crippen molar-refractivity contribution in [2.45, 2.75) is 50.9 Å². The molecule has 1 aromatic carbocycles. The summed E-state index contributed by atoms with van der Waals surface area (Å²) >= 11 is 5.90. The highest BCUT2D eigenvalue weighted by Crippen LogP contribution is 2.37. The topological polar surface area (TPSA) is 35.5 Å². The summed E-state index contributed by atoms with van der Waals surface area (Å²) in [4.78, 5) is 12.2. The zero-order valence-electron chi connectivity index (χ0n) is 12.7. The van der Waals surface area contributed by atoms with Crippen molar-refractivity contribution in [2.75, 3.05) is 0 Å². The number of hydrogen-bond donors (Lipinski definition) is 0. The molecule has 0 saturated carbocycles. The predicted octanol–water partition coefficient (Wildman–Crippen LogP) is 4.40. The van der Waals surface area contributed by atoms with Gasteiger partial charge in [0.05, 0.1) is 17.3 Å². The smallest absolute Gasteiger partial charge is 0.338 e. The molecular formula is C17H21ClO3. The summed E-state index contributed by atoms with van der Waals surface area (Å²) in [7, 11) is 0. The maximum absolute atomic E-state index is 12.2. The van der Waals surface area contributed by atoms with Crippen LogP contribution in [-0.4, -0.2) is 23.3 Å². The van der Waals surface area contributed by atoms with Crippen LogP contribution in [0.2, 0.25) is 5.02 Å². The van der Waals surface area contributed by atoms with Crippen molar-refractivity contribution >= 4 is 17.6 Å². The molecule has 0 amide bonds. The number of hydrogen-bond acceptors (Lipinski definition) is 3. The standard InChI is InChI=1S/C17H21ClO3/c1-5-17(4)10-9-14(20-17)16(2,3)21-15(19)12-7-6-8-13(18)11-12/h5-8,11,14H,1,9-10H2,2-4H3. The third kappa shape index (κ3) is 3.66. The van der Waals surface area contributed by atoms with Crippen LogP contribution in [0.1, 0.15) is 44.0 Å². The minimum Gasteiger partial charge on any atom is -0.453 e. The van der Waals surface area contributed by atoms with E-state index in [0.29, 0.717) is 10.6 Å². The summed E-state index contributed by atoms with van der Waals surface area (Å²) in [5.74, 6) is -0.390. The molecule has 1 fully saturated rings. The third-order valence-electron chi connectivity index (χ3n) is 3.94. The van der Waals surface area contributed by atoms with E-state index in [1.807, 2.05) is 26.8 Å². The van der Waals surface area contributed by atoms with Gasteiger partial charge in [-0.3, -0.25) is 0 Å². The zero-order chi connectivity index (χ0) is 15.7. The van der Waals surface area contributed by atoms with E-state index in [1.165, 1.54) is 0 Å². The Morgan fingerprint density at radius 2 is 2.29 bits per heavy atom. The van der Waals surface area contributed by atoms with Gasteiger partial charge < -0.3 is 9.47 Å². The molecule has 0 aliphatic carbocycles. The Kier molecular flexibility index (Phi) is 4.45. The van der Waals surface area contributed by atoms with Crippen molar-refractivity contribution < 1.29 is 14.3 Å². The van der Waals surface area contributed by atoms with E-state index in [9.17, 15) is 4.79 Å². The number of carbonyl (C=O) groups is 1. The summed E-state index contributed by atoms with van der Waals surface area (Å²) in [5, 5.41) is 0.513. The van der Waals surface area contributed by atoms with Crippen LogP contribution in [0.4, 0.5) is 0 Å². The summed E-state index contributed by atoms with van der Waals surface area (Å²) in [5.41, 5.74) is -0.607. The van der Waals surface area contributed by atoms with E-state index in [-0.39, 0.29) is 11.7 Å². The number of benzene rings is 1. The van der Waals surface area contributed by atoms with Gasteiger partial charge in [0.25, 0.3) is 0 Å². The molecule has 2 rings (SSSR count). The molecule has 1 aromatic rings. The predicted molar refractivity (Wildman–Crippen MR) is 83.7 cm³/mol. The van der Waals surface area contributed by atoms with Gasteiger partial charge in [0, 0.05) is 5.02 Å². The molecule has 4 heteroatoms. The SMILES string of the molecule is C=CC1(C)CCC(C(C)(C)OC(=O)c2cccc(Cl)c2)O1. The van der Waals surface area contributed by atoms with Crippen LogP contribution in [0.15, 0.2) is 36.9 Å². The normalized spacial score (nSPS) is 25.6. The molecule has 2 unspecified atom stereocenters. The van der Waals surface area contributed by atoms with E-state index in [4.69, 9.17) is 21.1 Å². The first-order valence-electron chi connectivity index (χ1n) is 7.06. The van der Waals surface area contributed by atoms with E-state index in [2.05, 4.69) is 6.58 Å². The lowest BCUT2D eigenvalue weighted by Crippen LogP contribution is -2.42. The highest BCUT2D eigenvalue weighted by Gasteiger charge is 2.43. The molecule has 1 heterocycles. The maximum atomic E-state index is 12.2. The highest BCUT2D eigenvalue weighted by molar-refractivity contribution is 6.30. The van der Waals surface area contributed by atoms with Crippen LogP contribution in [0.3, 0.4) is 0 Å². The van der Waals surface area contributed by atoms with Gasteiger partial charge in [-0.25, -0.2) is 4.79 Å². The summed E-state index contributed by atoms with van der Waals surface area (Å²) < 4.78 is 11.6. The van der Waals surface area contributed by atoms with Crippen LogP contribution < -0.4 is 0 Å². The van der Waals surface area contributed by atoms with Crippen molar-refractivity contribution in [3.63, 3.8) is 0 Å². The van der Waals surface area contributed by atoms with Crippen LogP contribution in [0, 0.1) is 0 Å². The molecule has 1 aliphatic rings. The average Bonchev–Trinajstić information content (AvgIpc) is 2.83. The molecule has 1 aliphatic heterocycles. The summed E-state index contributed by atoms with van der Waals surface area (Å²) in [6.45, 7) is 9.54. The number of ether oxygens (including phenoxy) is 2. The Morgan fingerprint density at radius 3 is 2.86 bits per heavy atom. The number of carbonyl (C=O) groups excluding carboxylic acids is 1. The lowest BCUT2D eigenvalue weighted by molar-refractivity contribution is -0.108. The van der Waals surface area contributed by atoms with Gasteiger partial charge in [0.15, 0.2) is 0 Å². The monoisotopic (exact) mass is 308 g/mol. The second-order valence-electron chi connectivity index (χ2n) is 6.17. The molecule has 1 saturated heterocycles. The molecule has 2 atom stereocenters. The number of esters is 1. The minimum absolute atomic E-state index is 0.149. The highest BCUT2D eigenvalue weighted by atomic mass is 35.5. The molecule has 0 spiro atoms. The Balaban J connectivity index is 2.07. The Hall–Kier alpha value is -1.32. The van der Waals surface area contributed by atoms with Crippen LogP contribution in [0.5, 0.6) is 0 Å². The van der Waals surface area contributed by atoms with E-state index in [0.717, 1.165) is 12.8 Å². The third-order valence-corrected chi connectivity index (χ3v) is 4.17. The van der Waals surface area contributed by atoms with Gasteiger partial charge in [-0.2, -0.15) is 0 Å². The first kappa shape index (κ1) is 16.1. The Morgan fingerprint density at radius 1 is 1.57 bits per heavy atom. The van der Waals surface area contributed by atoms with E-state index < -0.39 is 11.6 Å². The van der Waals surface area contributed by atoms with Crippen molar-refractivity contribution in [1.82, 2.24) is 0 Å². The van der Waals surface area contributed by atoms with Crippen LogP contribution in [-0.2, 0) is 9.47 Å². The molecule has 21 heavy (non-hydrogen) atoms. The lowest BCUT2D eigenvalue weighted by atomic mass is 9.96. The second kappa shape index (κ2) is 5.82. The fourth-order valence-corrected chi connectivity index (χ4v) is 2.67. The van der Waals surface area contributed by atoms with E-state index in [1.54, 1.807) is 24.3 Å². The fraction of sp³-hybridized carbons (Fsp3) is 0.471. The van der Waals surface area contributed by atoms with Crippen molar-refractivity contribution in [2.24, 2.45) is 0 Å². The minimum atomic E-state index is -0.708. The van der Waals surface area contributed by atoms with Crippen molar-refractivity contribution in [3.8, 4) is 0 Å². The molecular weight excluding hydrogens is 288 g/mol. The molecule has 3 nitrogen and oxygen atoms in total. The molecule has 0 radical (unpaired) electrons. The van der Waals surface area contributed by atoms with Crippen molar-refractivity contribution in [3.05, 3.63) is 47.5 Å². The Bertz CT molecular complexity index is 553. The largest absolute Gasteiger partial charge is 0.453 e. The van der Waals surface area contributed by atoms with Gasteiger partial charge >= 0.3 is 5.97 Å². The van der Waals surface area contributed by atoms with E-state index >= 15 is 0 Å². The van der Waals surface area contributed by atoms with Crippen LogP contribution >= 0.6 is 11.6 Å². The zero-order valence-corrected chi connectivity index (χ0v) is 13.4. The number of halogens is 1. The average molecular weight is 309 g/mol. The lowest BCUT2D eigenvalue weighted by Gasteiger charge is -2.32. The van der Waals surface area contributed by atoms with Crippen LogP contribution in [0.25, 0.3) is 0 Å². The molecule has 0 bridgehead atoms.